The molecule has 0 fully saturated rings. The zero-order valence-electron chi connectivity index (χ0n) is 14.9. The molecule has 0 radical (unpaired) electrons. The molecule has 0 atom stereocenters. The first-order chi connectivity index (χ1) is 14.2. The zero-order chi connectivity index (χ0) is 21.5. The summed E-state index contributed by atoms with van der Waals surface area (Å²) in [4.78, 5) is 16.6. The molecule has 152 valence electrons. The molecule has 4 rings (SSSR count). The number of nitrogens with one attached hydrogen (secondary N) is 1. The lowest BCUT2D eigenvalue weighted by Crippen LogP contribution is -2.25. The third kappa shape index (κ3) is 4.29. The molecule has 0 saturated heterocycles. The molecule has 1 aromatic heterocycles. The lowest BCUT2D eigenvalue weighted by Gasteiger charge is -2.07. The first-order valence-electron chi connectivity index (χ1n) is 8.55. The van der Waals surface area contributed by atoms with Crippen molar-refractivity contribution >= 4 is 52.0 Å². The summed E-state index contributed by atoms with van der Waals surface area (Å²) in [5, 5.41) is 3.10. The Kier molecular flexibility index (Phi) is 5.46. The highest BCUT2D eigenvalue weighted by molar-refractivity contribution is 14.1. The first kappa shape index (κ1) is 20.7. The Bertz CT molecular complexity index is 1210. The van der Waals surface area contributed by atoms with E-state index in [-0.39, 0.29) is 22.8 Å². The van der Waals surface area contributed by atoms with Crippen LogP contribution >= 0.6 is 34.2 Å². The Morgan fingerprint density at radius 2 is 1.90 bits per heavy atom. The standard InChI is InChI=1S/C21H11ClF3IN2O2/c22-16-6-4-13(26)9-15(16)19-27-17(20(29)28-19)10-14-5-7-18(30-14)11-2-1-3-12(8-11)21(23,24)25/h1-10H,(H,27,28,29)/b17-10+. The smallest absolute Gasteiger partial charge is 0.416 e. The van der Waals surface area contributed by atoms with E-state index >= 15 is 0 Å². The summed E-state index contributed by atoms with van der Waals surface area (Å²) in [6.45, 7) is 0. The Balaban J connectivity index is 1.64. The van der Waals surface area contributed by atoms with Gasteiger partial charge in [0.25, 0.3) is 5.91 Å². The van der Waals surface area contributed by atoms with Crippen LogP contribution in [-0.4, -0.2) is 11.7 Å². The molecule has 3 aromatic rings. The third-order valence-corrected chi connectivity index (χ3v) is 5.26. The average molecular weight is 543 g/mol. The predicted molar refractivity (Wildman–Crippen MR) is 116 cm³/mol. The minimum Gasteiger partial charge on any atom is -0.457 e. The van der Waals surface area contributed by atoms with E-state index < -0.39 is 17.6 Å². The molecule has 9 heteroatoms. The molecule has 1 aliphatic heterocycles. The Labute approximate surface area is 187 Å². The maximum absolute atomic E-state index is 12.9. The van der Waals surface area contributed by atoms with E-state index in [1.54, 1.807) is 18.2 Å². The Morgan fingerprint density at radius 1 is 1.10 bits per heavy atom. The molecule has 2 aromatic carbocycles. The van der Waals surface area contributed by atoms with Crippen molar-refractivity contribution in [3.63, 3.8) is 0 Å². The number of alkyl halides is 3. The average Bonchev–Trinajstić information content (AvgIpc) is 3.30. The quantitative estimate of drug-likeness (QED) is 0.319. The molecule has 4 nitrogen and oxygen atoms in total. The van der Waals surface area contributed by atoms with E-state index in [2.05, 4.69) is 32.9 Å². The van der Waals surface area contributed by atoms with Gasteiger partial charge in [-0.05, 0) is 65.1 Å². The number of carbonyl (C=O) groups is 1. The van der Waals surface area contributed by atoms with Crippen LogP contribution in [0, 0.1) is 3.57 Å². The molecule has 2 heterocycles. The van der Waals surface area contributed by atoms with Crippen LogP contribution in [0.2, 0.25) is 5.02 Å². The SMILES string of the molecule is O=C1NC(c2cc(I)ccc2Cl)=N/C1=C/c1ccc(-c2cccc(C(F)(F)F)c2)o1. The van der Waals surface area contributed by atoms with Crippen molar-refractivity contribution in [1.29, 1.82) is 0 Å². The summed E-state index contributed by atoms with van der Waals surface area (Å²) in [6, 6.07) is 13.3. The van der Waals surface area contributed by atoms with Gasteiger partial charge in [0.15, 0.2) is 0 Å². The summed E-state index contributed by atoms with van der Waals surface area (Å²) in [6.07, 6.45) is -3.03. The fraction of sp³-hybridized carbons (Fsp3) is 0.0476. The van der Waals surface area contributed by atoms with Gasteiger partial charge in [-0.3, -0.25) is 4.79 Å². The number of aliphatic imine (C=N–C) groups is 1. The molecule has 0 unspecified atom stereocenters. The third-order valence-electron chi connectivity index (χ3n) is 4.26. The maximum Gasteiger partial charge on any atom is 0.416 e. The second kappa shape index (κ2) is 7.92. The van der Waals surface area contributed by atoms with Crippen molar-refractivity contribution in [3.8, 4) is 11.3 Å². The maximum atomic E-state index is 12.9. The van der Waals surface area contributed by atoms with Crippen LogP contribution in [0.5, 0.6) is 0 Å². The van der Waals surface area contributed by atoms with E-state index in [4.69, 9.17) is 16.0 Å². The van der Waals surface area contributed by atoms with Crippen molar-refractivity contribution in [1.82, 2.24) is 5.32 Å². The normalized spacial score (nSPS) is 15.4. The molecular weight excluding hydrogens is 532 g/mol. The number of halogens is 5. The number of rotatable bonds is 3. The fourth-order valence-electron chi connectivity index (χ4n) is 2.84. The topological polar surface area (TPSA) is 54.6 Å². The van der Waals surface area contributed by atoms with Crippen LogP contribution in [0.3, 0.4) is 0 Å². The van der Waals surface area contributed by atoms with Crippen molar-refractivity contribution in [3.05, 3.63) is 85.8 Å². The van der Waals surface area contributed by atoms with Gasteiger partial charge in [0.1, 0.15) is 23.1 Å². The van der Waals surface area contributed by atoms with Crippen LogP contribution in [-0.2, 0) is 11.0 Å². The lowest BCUT2D eigenvalue weighted by molar-refractivity contribution is -0.137. The number of amidine groups is 1. The second-order valence-electron chi connectivity index (χ2n) is 6.35. The Hall–Kier alpha value is -2.59. The van der Waals surface area contributed by atoms with Gasteiger partial charge in [-0.25, -0.2) is 4.99 Å². The molecule has 0 saturated carbocycles. The molecular formula is C21H11ClF3IN2O2. The highest BCUT2D eigenvalue weighted by atomic mass is 127. The van der Waals surface area contributed by atoms with Gasteiger partial charge in [-0.2, -0.15) is 13.2 Å². The van der Waals surface area contributed by atoms with E-state index in [1.165, 1.54) is 24.3 Å². The minimum absolute atomic E-state index is 0.102. The number of carbonyl (C=O) groups excluding carboxylic acids is 1. The summed E-state index contributed by atoms with van der Waals surface area (Å²) in [5.74, 6) is 0.416. The Morgan fingerprint density at radius 3 is 2.67 bits per heavy atom. The molecule has 30 heavy (non-hydrogen) atoms. The summed E-state index contributed by atoms with van der Waals surface area (Å²) in [7, 11) is 0. The van der Waals surface area contributed by atoms with Gasteiger partial charge < -0.3 is 9.73 Å². The number of furan rings is 1. The van der Waals surface area contributed by atoms with Crippen LogP contribution in [0.15, 0.2) is 69.7 Å². The fourth-order valence-corrected chi connectivity index (χ4v) is 3.54. The molecule has 0 spiro atoms. The molecule has 0 aliphatic carbocycles. The van der Waals surface area contributed by atoms with E-state index in [0.29, 0.717) is 16.4 Å². The van der Waals surface area contributed by atoms with Gasteiger partial charge in [-0.15, -0.1) is 0 Å². The zero-order valence-corrected chi connectivity index (χ0v) is 17.8. The van der Waals surface area contributed by atoms with Crippen LogP contribution in [0.25, 0.3) is 17.4 Å². The number of benzene rings is 2. The molecule has 0 bridgehead atoms. The number of hydrogen-bond acceptors (Lipinski definition) is 3. The lowest BCUT2D eigenvalue weighted by atomic mass is 10.1. The number of amides is 1. The molecule has 1 amide bonds. The summed E-state index contributed by atoms with van der Waals surface area (Å²) >= 11 is 8.32. The highest BCUT2D eigenvalue weighted by Crippen LogP contribution is 2.33. The van der Waals surface area contributed by atoms with Crippen LogP contribution in [0.1, 0.15) is 16.9 Å². The summed E-state index contributed by atoms with van der Waals surface area (Å²) < 4.78 is 45.3. The van der Waals surface area contributed by atoms with Gasteiger partial charge >= 0.3 is 6.18 Å². The van der Waals surface area contributed by atoms with E-state index in [0.717, 1.165) is 15.7 Å². The van der Waals surface area contributed by atoms with Crippen LogP contribution < -0.4 is 5.32 Å². The molecule has 1 aliphatic rings. The number of nitrogens with zero attached hydrogens (tertiary/aromatic N) is 1. The largest absolute Gasteiger partial charge is 0.457 e. The second-order valence-corrected chi connectivity index (χ2v) is 8.00. The van der Waals surface area contributed by atoms with E-state index in [9.17, 15) is 18.0 Å². The van der Waals surface area contributed by atoms with Crippen molar-refractivity contribution in [2.45, 2.75) is 6.18 Å². The van der Waals surface area contributed by atoms with E-state index in [1.807, 2.05) is 6.07 Å². The highest BCUT2D eigenvalue weighted by Gasteiger charge is 2.30. The summed E-state index contributed by atoms with van der Waals surface area (Å²) in [5.41, 5.74) is 0.199. The van der Waals surface area contributed by atoms with Gasteiger partial charge in [-0.1, -0.05) is 23.7 Å². The van der Waals surface area contributed by atoms with Gasteiger partial charge in [0.2, 0.25) is 0 Å². The van der Waals surface area contributed by atoms with Crippen LogP contribution in [0.4, 0.5) is 13.2 Å². The van der Waals surface area contributed by atoms with Gasteiger partial charge in [0, 0.05) is 20.8 Å². The minimum atomic E-state index is -4.45. The van der Waals surface area contributed by atoms with Crippen molar-refractivity contribution in [2.75, 3.05) is 0 Å². The van der Waals surface area contributed by atoms with Crippen molar-refractivity contribution < 1.29 is 22.4 Å². The predicted octanol–water partition coefficient (Wildman–Crippen LogP) is 6.14. The molecule has 1 N–H and O–H groups in total. The first-order valence-corrected chi connectivity index (χ1v) is 10.0. The monoisotopic (exact) mass is 542 g/mol. The number of hydrogen-bond donors (Lipinski definition) is 1. The van der Waals surface area contributed by atoms with Crippen molar-refractivity contribution in [2.24, 2.45) is 4.99 Å². The van der Waals surface area contributed by atoms with Gasteiger partial charge in [0.05, 0.1) is 10.6 Å².